The molecule has 0 radical (unpaired) electrons. The molecule has 2 heterocycles. The molecule has 3 rings (SSSR count). The van der Waals surface area contributed by atoms with Gasteiger partial charge >= 0.3 is 11.8 Å². The molecule has 0 aliphatic rings. The summed E-state index contributed by atoms with van der Waals surface area (Å²) in [7, 11) is 0. The summed E-state index contributed by atoms with van der Waals surface area (Å²) < 4.78 is 5.00. The number of carbonyl (C=O) groups excluding carboxylic acids is 1. The molecular weight excluding hydrogens is 320 g/mol. The molecular formula is C17H16N6O2. The van der Waals surface area contributed by atoms with Crippen molar-refractivity contribution < 1.29 is 9.32 Å². The van der Waals surface area contributed by atoms with E-state index in [1.165, 1.54) is 6.21 Å². The second-order valence-electron chi connectivity index (χ2n) is 5.07. The van der Waals surface area contributed by atoms with Crippen molar-refractivity contribution in [3.63, 3.8) is 0 Å². The molecule has 0 bridgehead atoms. The number of aromatic nitrogens is 4. The number of imidazole rings is 1. The van der Waals surface area contributed by atoms with Crippen LogP contribution in [0.5, 0.6) is 0 Å². The summed E-state index contributed by atoms with van der Waals surface area (Å²) in [6, 6.07) is 7.50. The summed E-state index contributed by atoms with van der Waals surface area (Å²) in [6.07, 6.45) is 6.18. The molecule has 3 N–H and O–H groups in total. The van der Waals surface area contributed by atoms with Crippen molar-refractivity contribution in [2.24, 2.45) is 0 Å². The van der Waals surface area contributed by atoms with E-state index in [-0.39, 0.29) is 5.89 Å². The number of amides is 1. The fourth-order valence-corrected chi connectivity index (χ4v) is 2.20. The summed E-state index contributed by atoms with van der Waals surface area (Å²) >= 11 is 0. The van der Waals surface area contributed by atoms with Gasteiger partial charge in [0.2, 0.25) is 5.82 Å². The highest BCUT2D eigenvalue weighted by Gasteiger charge is 2.15. The van der Waals surface area contributed by atoms with E-state index >= 15 is 0 Å². The van der Waals surface area contributed by atoms with Crippen LogP contribution in [-0.2, 0) is 0 Å². The zero-order chi connectivity index (χ0) is 17.6. The Labute approximate surface area is 143 Å². The van der Waals surface area contributed by atoms with Crippen molar-refractivity contribution in [2.45, 2.75) is 6.92 Å². The molecule has 0 aliphatic carbocycles. The van der Waals surface area contributed by atoms with E-state index in [0.717, 1.165) is 16.8 Å². The number of aromatic amines is 1. The van der Waals surface area contributed by atoms with Crippen LogP contribution in [0.25, 0.3) is 28.7 Å². The minimum Gasteiger partial charge on any atom is -0.348 e. The maximum Gasteiger partial charge on any atom is 0.316 e. The molecule has 1 aromatic carbocycles. The lowest BCUT2D eigenvalue weighted by atomic mass is 10.1. The Morgan fingerprint density at radius 1 is 1.40 bits per heavy atom. The largest absolute Gasteiger partial charge is 0.348 e. The molecule has 0 aliphatic heterocycles. The predicted octanol–water partition coefficient (Wildman–Crippen LogP) is 2.54. The van der Waals surface area contributed by atoms with Gasteiger partial charge in [0.25, 0.3) is 0 Å². The number of allylic oxidation sites excluding steroid dienone is 1. The lowest BCUT2D eigenvalue weighted by molar-refractivity contribution is 0.0912. The maximum atomic E-state index is 11.7. The number of benzene rings is 1. The average Bonchev–Trinajstić information content (AvgIpc) is 3.30. The van der Waals surface area contributed by atoms with Crippen molar-refractivity contribution in [3.8, 4) is 22.6 Å². The van der Waals surface area contributed by atoms with Gasteiger partial charge in [-0.15, -0.1) is 0 Å². The Hall–Kier alpha value is -3.55. The van der Waals surface area contributed by atoms with E-state index in [4.69, 9.17) is 9.93 Å². The van der Waals surface area contributed by atoms with Crippen molar-refractivity contribution in [2.75, 3.05) is 6.54 Å². The fraction of sp³-hybridized carbons (Fsp3) is 0.118. The smallest absolute Gasteiger partial charge is 0.316 e. The minimum absolute atomic E-state index is 0.0668. The number of rotatable bonds is 6. The van der Waals surface area contributed by atoms with Crippen LogP contribution >= 0.6 is 0 Å². The molecule has 0 atom stereocenters. The van der Waals surface area contributed by atoms with Crippen LogP contribution in [-0.4, -0.2) is 38.8 Å². The number of hydrogen-bond donors (Lipinski definition) is 3. The van der Waals surface area contributed by atoms with E-state index in [0.29, 0.717) is 18.2 Å². The van der Waals surface area contributed by atoms with E-state index < -0.39 is 5.91 Å². The highest BCUT2D eigenvalue weighted by molar-refractivity contribution is 5.89. The van der Waals surface area contributed by atoms with Gasteiger partial charge in [-0.25, -0.2) is 4.98 Å². The molecule has 126 valence electrons. The normalized spacial score (nSPS) is 10.9. The molecule has 8 nitrogen and oxygen atoms in total. The van der Waals surface area contributed by atoms with Crippen LogP contribution in [0, 0.1) is 5.41 Å². The van der Waals surface area contributed by atoms with Crippen LogP contribution in [0.3, 0.4) is 0 Å². The van der Waals surface area contributed by atoms with Crippen LogP contribution in [0.1, 0.15) is 23.4 Å². The van der Waals surface area contributed by atoms with E-state index in [1.54, 1.807) is 18.3 Å². The number of hydrogen-bond acceptors (Lipinski definition) is 6. The number of nitrogens with one attached hydrogen (secondary N) is 3. The fourth-order valence-electron chi connectivity index (χ4n) is 2.20. The molecule has 1 amide bonds. The second-order valence-corrected chi connectivity index (χ2v) is 5.07. The molecule has 3 aromatic rings. The van der Waals surface area contributed by atoms with E-state index in [1.807, 2.05) is 31.2 Å². The SMILES string of the molecule is CCNC(=O)c1nc(-c2cccc(-c3cnc(C=CC=N)[nH]3)c2)no1. The first-order valence-electron chi connectivity index (χ1n) is 7.66. The third-order valence-corrected chi connectivity index (χ3v) is 3.34. The van der Waals surface area contributed by atoms with Gasteiger partial charge in [-0.05, 0) is 25.1 Å². The topological polar surface area (TPSA) is 121 Å². The van der Waals surface area contributed by atoms with Gasteiger partial charge in [-0.1, -0.05) is 23.4 Å². The van der Waals surface area contributed by atoms with E-state index in [2.05, 4.69) is 25.4 Å². The Bertz CT molecular complexity index is 925. The number of H-pyrrole nitrogens is 1. The molecule has 2 aromatic heterocycles. The van der Waals surface area contributed by atoms with Gasteiger partial charge in [0.15, 0.2) is 0 Å². The zero-order valence-electron chi connectivity index (χ0n) is 13.5. The molecule has 0 saturated carbocycles. The summed E-state index contributed by atoms with van der Waals surface area (Å²) in [5.74, 6) is 0.532. The van der Waals surface area contributed by atoms with Gasteiger partial charge in [0, 0.05) is 23.9 Å². The maximum absolute atomic E-state index is 11.7. The highest BCUT2D eigenvalue weighted by Crippen LogP contribution is 2.24. The van der Waals surface area contributed by atoms with E-state index in [9.17, 15) is 4.79 Å². The standard InChI is InChI=1S/C17H16N6O2/c1-2-19-16(24)17-22-15(23-25-17)12-6-3-5-11(9-12)13-10-20-14(21-13)7-4-8-18/h3-10,18H,2H2,1H3,(H,19,24)(H,20,21). The predicted molar refractivity (Wildman–Crippen MR) is 93.1 cm³/mol. The molecule has 0 saturated heterocycles. The van der Waals surface area contributed by atoms with Gasteiger partial charge in [0.05, 0.1) is 11.9 Å². The minimum atomic E-state index is -0.395. The van der Waals surface area contributed by atoms with Gasteiger partial charge in [0.1, 0.15) is 5.82 Å². The first kappa shape index (κ1) is 16.3. The van der Waals surface area contributed by atoms with Crippen LogP contribution in [0.15, 0.2) is 41.1 Å². The Morgan fingerprint density at radius 2 is 2.24 bits per heavy atom. The highest BCUT2D eigenvalue weighted by atomic mass is 16.5. The average molecular weight is 336 g/mol. The van der Waals surface area contributed by atoms with Gasteiger partial charge in [-0.3, -0.25) is 4.79 Å². The third kappa shape index (κ3) is 3.69. The van der Waals surface area contributed by atoms with Gasteiger partial charge in [-0.2, -0.15) is 4.98 Å². The monoisotopic (exact) mass is 336 g/mol. The second kappa shape index (κ2) is 7.35. The lowest BCUT2D eigenvalue weighted by Crippen LogP contribution is -2.22. The molecule has 25 heavy (non-hydrogen) atoms. The Kier molecular flexibility index (Phi) is 4.79. The van der Waals surface area contributed by atoms with Crippen LogP contribution < -0.4 is 5.32 Å². The first-order valence-corrected chi connectivity index (χ1v) is 7.66. The third-order valence-electron chi connectivity index (χ3n) is 3.34. The summed E-state index contributed by atoms with van der Waals surface area (Å²) in [5, 5.41) is 13.5. The Morgan fingerprint density at radius 3 is 3.04 bits per heavy atom. The van der Waals surface area contributed by atoms with Crippen molar-refractivity contribution in [3.05, 3.63) is 48.3 Å². The number of nitrogens with zero attached hydrogens (tertiary/aromatic N) is 3. The summed E-state index contributed by atoms with van der Waals surface area (Å²) in [4.78, 5) is 23.2. The Balaban J connectivity index is 1.87. The van der Waals surface area contributed by atoms with Crippen LogP contribution in [0.2, 0.25) is 0 Å². The van der Waals surface area contributed by atoms with Crippen molar-refractivity contribution in [1.29, 1.82) is 5.41 Å². The zero-order valence-corrected chi connectivity index (χ0v) is 13.5. The van der Waals surface area contributed by atoms with Crippen molar-refractivity contribution >= 4 is 18.2 Å². The molecule has 8 heteroatoms. The van der Waals surface area contributed by atoms with Crippen LogP contribution in [0.4, 0.5) is 0 Å². The quantitative estimate of drug-likeness (QED) is 0.597. The molecule has 0 unspecified atom stereocenters. The molecule has 0 fully saturated rings. The van der Waals surface area contributed by atoms with Crippen molar-refractivity contribution in [1.82, 2.24) is 25.4 Å². The lowest BCUT2D eigenvalue weighted by Gasteiger charge is -2.00. The number of carbonyl (C=O) groups is 1. The first-order chi connectivity index (χ1) is 12.2. The molecule has 0 spiro atoms. The summed E-state index contributed by atoms with van der Waals surface area (Å²) in [6.45, 7) is 2.30. The summed E-state index contributed by atoms with van der Waals surface area (Å²) in [5.41, 5.74) is 2.44. The van der Waals surface area contributed by atoms with Gasteiger partial charge < -0.3 is 20.2 Å².